The number of hydrogen-bond donors (Lipinski definition) is 0. The van der Waals surface area contributed by atoms with Gasteiger partial charge in [0.1, 0.15) is 11.4 Å². The van der Waals surface area contributed by atoms with E-state index in [1.54, 1.807) is 23.4 Å². The predicted octanol–water partition coefficient (Wildman–Crippen LogP) is 4.47. The highest BCUT2D eigenvalue weighted by Gasteiger charge is 2.33. The average Bonchev–Trinajstić information content (AvgIpc) is 2.85. The van der Waals surface area contributed by atoms with E-state index < -0.39 is 11.9 Å². The van der Waals surface area contributed by atoms with E-state index in [9.17, 15) is 13.2 Å². The van der Waals surface area contributed by atoms with Crippen molar-refractivity contribution in [2.24, 2.45) is 7.05 Å². The maximum Gasteiger partial charge on any atom is 0.433 e. The normalized spacial score (nSPS) is 12.1. The molecule has 0 radical (unpaired) electrons. The number of nitrogens with zero attached hydrogens (tertiary/aromatic N) is 4. The Morgan fingerprint density at radius 1 is 1.21 bits per heavy atom. The molecule has 0 atom stereocenters. The Bertz CT molecular complexity index is 902. The molecule has 3 heterocycles. The summed E-state index contributed by atoms with van der Waals surface area (Å²) in [4.78, 5) is 13.4. The Kier molecular flexibility index (Phi) is 4.25. The Hall–Kier alpha value is -2.09. The molecule has 0 fully saturated rings. The van der Waals surface area contributed by atoms with Crippen molar-refractivity contribution in [1.29, 1.82) is 0 Å². The minimum absolute atomic E-state index is 0.255. The molecule has 0 aromatic carbocycles. The molecule has 0 N–H and O–H groups in total. The standard InChI is InChI=1S/C16H15F3N4S/c1-4-24-12-6-5-9(2)21-14(12)15-22-10-7-13(16(17,18)19)20-8-11(10)23(15)3/h5-8H,4H2,1-3H3. The van der Waals surface area contributed by atoms with Crippen LogP contribution in [0.25, 0.3) is 22.6 Å². The molecule has 3 aromatic rings. The van der Waals surface area contributed by atoms with Gasteiger partial charge >= 0.3 is 6.18 Å². The second-order valence-electron chi connectivity index (χ2n) is 5.28. The highest BCUT2D eigenvalue weighted by molar-refractivity contribution is 7.99. The van der Waals surface area contributed by atoms with E-state index in [-0.39, 0.29) is 5.52 Å². The quantitative estimate of drug-likeness (QED) is 0.653. The highest BCUT2D eigenvalue weighted by Crippen LogP contribution is 2.33. The third-order valence-corrected chi connectivity index (χ3v) is 4.50. The summed E-state index contributed by atoms with van der Waals surface area (Å²) in [6.45, 7) is 3.90. The monoisotopic (exact) mass is 352 g/mol. The van der Waals surface area contributed by atoms with Gasteiger partial charge < -0.3 is 4.57 Å². The van der Waals surface area contributed by atoms with Gasteiger partial charge in [-0.1, -0.05) is 6.92 Å². The Morgan fingerprint density at radius 3 is 2.62 bits per heavy atom. The van der Waals surface area contributed by atoms with Crippen LogP contribution in [0, 0.1) is 6.92 Å². The van der Waals surface area contributed by atoms with E-state index in [1.165, 1.54) is 6.20 Å². The maximum atomic E-state index is 12.9. The molecule has 0 saturated carbocycles. The van der Waals surface area contributed by atoms with Gasteiger partial charge in [0.15, 0.2) is 5.82 Å². The number of aromatic nitrogens is 4. The Balaban J connectivity index is 2.21. The van der Waals surface area contributed by atoms with Crippen LogP contribution in [0.2, 0.25) is 0 Å². The lowest BCUT2D eigenvalue weighted by molar-refractivity contribution is -0.141. The lowest BCUT2D eigenvalue weighted by Crippen LogP contribution is -2.07. The molecule has 0 amide bonds. The molecule has 4 nitrogen and oxygen atoms in total. The number of pyridine rings is 2. The number of rotatable bonds is 3. The lowest BCUT2D eigenvalue weighted by atomic mass is 10.3. The van der Waals surface area contributed by atoms with Crippen LogP contribution in [0.3, 0.4) is 0 Å². The van der Waals surface area contributed by atoms with Crippen molar-refractivity contribution in [3.8, 4) is 11.5 Å². The van der Waals surface area contributed by atoms with E-state index in [1.807, 2.05) is 26.0 Å². The van der Waals surface area contributed by atoms with Crippen molar-refractivity contribution in [3.05, 3.63) is 35.8 Å². The average molecular weight is 352 g/mol. The van der Waals surface area contributed by atoms with Crippen molar-refractivity contribution in [2.45, 2.75) is 24.9 Å². The summed E-state index contributed by atoms with van der Waals surface area (Å²) in [7, 11) is 1.75. The van der Waals surface area contributed by atoms with Gasteiger partial charge in [-0.15, -0.1) is 11.8 Å². The minimum atomic E-state index is -4.49. The van der Waals surface area contributed by atoms with Gasteiger partial charge in [-0.05, 0) is 30.9 Å². The van der Waals surface area contributed by atoms with Crippen LogP contribution in [0.15, 0.2) is 29.3 Å². The van der Waals surface area contributed by atoms with Crippen molar-refractivity contribution in [2.75, 3.05) is 5.75 Å². The van der Waals surface area contributed by atoms with Gasteiger partial charge in [0.2, 0.25) is 0 Å². The molecule has 0 unspecified atom stereocenters. The summed E-state index contributed by atoms with van der Waals surface area (Å²) in [5.74, 6) is 1.40. The molecule has 0 saturated heterocycles. The van der Waals surface area contributed by atoms with E-state index >= 15 is 0 Å². The number of thioether (sulfide) groups is 1. The fraction of sp³-hybridized carbons (Fsp3) is 0.312. The SMILES string of the molecule is CCSc1ccc(C)nc1-c1nc2cc(C(F)(F)F)ncc2n1C. The fourth-order valence-electron chi connectivity index (χ4n) is 2.43. The molecule has 3 aromatic heterocycles. The molecule has 126 valence electrons. The molecule has 0 aliphatic heterocycles. The van der Waals surface area contributed by atoms with Crippen LogP contribution in [-0.2, 0) is 13.2 Å². The highest BCUT2D eigenvalue weighted by atomic mass is 32.2. The van der Waals surface area contributed by atoms with Crippen molar-refractivity contribution < 1.29 is 13.2 Å². The molecule has 8 heteroatoms. The molecule has 3 rings (SSSR count). The number of aryl methyl sites for hydroxylation is 2. The van der Waals surface area contributed by atoms with Crippen LogP contribution in [-0.4, -0.2) is 25.3 Å². The van der Waals surface area contributed by atoms with Gasteiger partial charge in [-0.3, -0.25) is 0 Å². The molecular formula is C16H15F3N4S. The first-order valence-corrected chi connectivity index (χ1v) is 8.30. The van der Waals surface area contributed by atoms with Gasteiger partial charge in [0, 0.05) is 17.6 Å². The first-order valence-electron chi connectivity index (χ1n) is 7.31. The lowest BCUT2D eigenvalue weighted by Gasteiger charge is -2.08. The molecule has 24 heavy (non-hydrogen) atoms. The number of alkyl halides is 3. The van der Waals surface area contributed by atoms with Crippen LogP contribution >= 0.6 is 11.8 Å². The third-order valence-electron chi connectivity index (χ3n) is 3.57. The minimum Gasteiger partial charge on any atom is -0.325 e. The first-order chi connectivity index (χ1) is 11.3. The number of imidazole rings is 1. The van der Waals surface area contributed by atoms with Crippen LogP contribution in [0.4, 0.5) is 13.2 Å². The topological polar surface area (TPSA) is 43.6 Å². The fourth-order valence-corrected chi connectivity index (χ4v) is 3.18. The second kappa shape index (κ2) is 6.08. The van der Waals surface area contributed by atoms with Crippen LogP contribution in [0.1, 0.15) is 18.3 Å². The second-order valence-corrected chi connectivity index (χ2v) is 6.59. The number of hydrogen-bond acceptors (Lipinski definition) is 4. The summed E-state index contributed by atoms with van der Waals surface area (Å²) in [6, 6.07) is 4.85. The van der Waals surface area contributed by atoms with E-state index in [0.717, 1.165) is 22.4 Å². The maximum absolute atomic E-state index is 12.9. The zero-order chi connectivity index (χ0) is 17.5. The summed E-state index contributed by atoms with van der Waals surface area (Å²) < 4.78 is 40.3. The third kappa shape index (κ3) is 2.98. The van der Waals surface area contributed by atoms with E-state index in [0.29, 0.717) is 17.0 Å². The largest absolute Gasteiger partial charge is 0.433 e. The zero-order valence-corrected chi connectivity index (χ0v) is 14.2. The zero-order valence-electron chi connectivity index (χ0n) is 13.3. The first kappa shape index (κ1) is 16.8. The summed E-state index contributed by atoms with van der Waals surface area (Å²) in [5.41, 5.74) is 1.35. The predicted molar refractivity (Wildman–Crippen MR) is 87.9 cm³/mol. The van der Waals surface area contributed by atoms with Gasteiger partial charge in [0.25, 0.3) is 0 Å². The summed E-state index contributed by atoms with van der Waals surface area (Å²) >= 11 is 1.62. The molecule has 0 aliphatic carbocycles. The van der Waals surface area contributed by atoms with Crippen LogP contribution < -0.4 is 0 Å². The van der Waals surface area contributed by atoms with Crippen molar-refractivity contribution in [3.63, 3.8) is 0 Å². The Labute approximate surface area is 141 Å². The van der Waals surface area contributed by atoms with Crippen molar-refractivity contribution >= 4 is 22.8 Å². The van der Waals surface area contributed by atoms with Crippen molar-refractivity contribution in [1.82, 2.24) is 19.5 Å². The molecule has 0 spiro atoms. The van der Waals surface area contributed by atoms with Crippen LogP contribution in [0.5, 0.6) is 0 Å². The molecular weight excluding hydrogens is 337 g/mol. The van der Waals surface area contributed by atoms with Gasteiger partial charge in [0.05, 0.1) is 17.2 Å². The summed E-state index contributed by atoms with van der Waals surface area (Å²) in [5, 5.41) is 0. The molecule has 0 bridgehead atoms. The van der Waals surface area contributed by atoms with E-state index in [4.69, 9.17) is 0 Å². The number of halogens is 3. The van der Waals surface area contributed by atoms with Gasteiger partial charge in [-0.25, -0.2) is 15.0 Å². The van der Waals surface area contributed by atoms with Gasteiger partial charge in [-0.2, -0.15) is 13.2 Å². The smallest absolute Gasteiger partial charge is 0.325 e. The van der Waals surface area contributed by atoms with E-state index in [2.05, 4.69) is 15.0 Å². The molecule has 0 aliphatic rings. The summed E-state index contributed by atoms with van der Waals surface area (Å²) in [6.07, 6.45) is -3.28. The number of fused-ring (bicyclic) bond motifs is 1. The Morgan fingerprint density at radius 2 is 1.96 bits per heavy atom.